The Bertz CT molecular complexity index is 177. The lowest BCUT2D eigenvalue weighted by atomic mass is 9.97. The SMILES string of the molecule is C=CC(O)CCCC(C=C)CCN(C)C. The molecule has 0 saturated heterocycles. The summed E-state index contributed by atoms with van der Waals surface area (Å²) in [6.45, 7) is 8.51. The predicted molar refractivity (Wildman–Crippen MR) is 66.9 cm³/mol. The van der Waals surface area contributed by atoms with Crippen LogP contribution in [0.5, 0.6) is 0 Å². The standard InChI is InChI=1S/C13H25NO/c1-5-12(10-11-14(3)4)8-7-9-13(15)6-2/h5-6,12-13,15H,1-2,7-11H2,3-4H3. The highest BCUT2D eigenvalue weighted by Gasteiger charge is 2.06. The van der Waals surface area contributed by atoms with E-state index in [1.807, 2.05) is 6.08 Å². The number of nitrogens with zero attached hydrogens (tertiary/aromatic N) is 1. The zero-order valence-electron chi connectivity index (χ0n) is 10.2. The molecule has 0 saturated carbocycles. The molecule has 0 aromatic rings. The Labute approximate surface area is 94.3 Å². The number of allylic oxidation sites excluding steroid dienone is 1. The van der Waals surface area contributed by atoms with E-state index < -0.39 is 0 Å². The summed E-state index contributed by atoms with van der Waals surface area (Å²) in [5, 5.41) is 9.31. The lowest BCUT2D eigenvalue weighted by molar-refractivity contribution is 0.206. The van der Waals surface area contributed by atoms with Crippen LogP contribution in [0.25, 0.3) is 0 Å². The van der Waals surface area contributed by atoms with Crippen molar-refractivity contribution in [3.05, 3.63) is 25.3 Å². The first-order chi connectivity index (χ1) is 7.10. The molecule has 0 aliphatic rings. The fourth-order valence-corrected chi connectivity index (χ4v) is 1.51. The van der Waals surface area contributed by atoms with Crippen LogP contribution in [-0.4, -0.2) is 36.8 Å². The van der Waals surface area contributed by atoms with Crippen molar-refractivity contribution in [3.8, 4) is 0 Å². The zero-order valence-corrected chi connectivity index (χ0v) is 10.2. The summed E-state index contributed by atoms with van der Waals surface area (Å²) < 4.78 is 0. The molecule has 0 aliphatic heterocycles. The third-order valence-electron chi connectivity index (χ3n) is 2.63. The highest BCUT2D eigenvalue weighted by atomic mass is 16.3. The summed E-state index contributed by atoms with van der Waals surface area (Å²) >= 11 is 0. The molecule has 0 aromatic carbocycles. The van der Waals surface area contributed by atoms with E-state index in [0.717, 1.165) is 32.2 Å². The van der Waals surface area contributed by atoms with Gasteiger partial charge in [-0.3, -0.25) is 0 Å². The molecule has 0 bridgehead atoms. The van der Waals surface area contributed by atoms with Crippen LogP contribution < -0.4 is 0 Å². The fraction of sp³-hybridized carbons (Fsp3) is 0.692. The maximum Gasteiger partial charge on any atom is 0.0718 e. The van der Waals surface area contributed by atoms with Crippen LogP contribution in [0.15, 0.2) is 25.3 Å². The van der Waals surface area contributed by atoms with Gasteiger partial charge in [0.1, 0.15) is 0 Å². The molecule has 2 nitrogen and oxygen atoms in total. The third-order valence-corrected chi connectivity index (χ3v) is 2.63. The molecule has 2 unspecified atom stereocenters. The molecule has 2 atom stereocenters. The van der Waals surface area contributed by atoms with Crippen molar-refractivity contribution in [2.24, 2.45) is 5.92 Å². The maximum absolute atomic E-state index is 9.31. The predicted octanol–water partition coefficient (Wildman–Crippen LogP) is 2.46. The number of aliphatic hydroxyl groups excluding tert-OH is 1. The van der Waals surface area contributed by atoms with E-state index >= 15 is 0 Å². The van der Waals surface area contributed by atoms with Crippen molar-refractivity contribution < 1.29 is 5.11 Å². The average molecular weight is 211 g/mol. The Morgan fingerprint density at radius 2 is 1.80 bits per heavy atom. The van der Waals surface area contributed by atoms with E-state index in [4.69, 9.17) is 0 Å². The normalized spacial score (nSPS) is 14.9. The monoisotopic (exact) mass is 211 g/mol. The van der Waals surface area contributed by atoms with Gasteiger partial charge in [-0.15, -0.1) is 13.2 Å². The number of hydrogen-bond acceptors (Lipinski definition) is 2. The van der Waals surface area contributed by atoms with Crippen molar-refractivity contribution in [1.29, 1.82) is 0 Å². The van der Waals surface area contributed by atoms with Gasteiger partial charge in [0.25, 0.3) is 0 Å². The third kappa shape index (κ3) is 8.40. The number of aliphatic hydroxyl groups is 1. The molecule has 15 heavy (non-hydrogen) atoms. The van der Waals surface area contributed by atoms with Crippen molar-refractivity contribution in [3.63, 3.8) is 0 Å². The molecular formula is C13H25NO. The zero-order chi connectivity index (χ0) is 11.7. The summed E-state index contributed by atoms with van der Waals surface area (Å²) in [6.07, 6.45) is 7.41. The van der Waals surface area contributed by atoms with Gasteiger partial charge >= 0.3 is 0 Å². The molecule has 0 radical (unpaired) electrons. The summed E-state index contributed by atoms with van der Waals surface area (Å²) in [5.41, 5.74) is 0. The van der Waals surface area contributed by atoms with Gasteiger partial charge in [0.15, 0.2) is 0 Å². The van der Waals surface area contributed by atoms with Crippen molar-refractivity contribution in [1.82, 2.24) is 4.90 Å². The maximum atomic E-state index is 9.31. The Morgan fingerprint density at radius 3 is 2.27 bits per heavy atom. The van der Waals surface area contributed by atoms with Crippen LogP contribution in [0.3, 0.4) is 0 Å². The van der Waals surface area contributed by atoms with Gasteiger partial charge < -0.3 is 10.0 Å². The number of hydrogen-bond donors (Lipinski definition) is 1. The molecule has 0 aliphatic carbocycles. The quantitative estimate of drug-likeness (QED) is 0.592. The molecule has 0 fully saturated rings. The van der Waals surface area contributed by atoms with Crippen LogP contribution in [0.4, 0.5) is 0 Å². The highest BCUT2D eigenvalue weighted by Crippen LogP contribution is 2.15. The van der Waals surface area contributed by atoms with Crippen LogP contribution in [0.2, 0.25) is 0 Å². The van der Waals surface area contributed by atoms with Gasteiger partial charge in [-0.2, -0.15) is 0 Å². The lowest BCUT2D eigenvalue weighted by Gasteiger charge is -2.16. The molecule has 0 spiro atoms. The Morgan fingerprint density at radius 1 is 1.13 bits per heavy atom. The summed E-state index contributed by atoms with van der Waals surface area (Å²) in [6, 6.07) is 0. The van der Waals surface area contributed by atoms with Crippen molar-refractivity contribution >= 4 is 0 Å². The van der Waals surface area contributed by atoms with E-state index in [1.54, 1.807) is 6.08 Å². The van der Waals surface area contributed by atoms with E-state index in [0.29, 0.717) is 5.92 Å². The molecule has 0 amide bonds. The molecule has 0 aromatic heterocycles. The first kappa shape index (κ1) is 14.4. The van der Waals surface area contributed by atoms with Gasteiger partial charge in [0.2, 0.25) is 0 Å². The Balaban J connectivity index is 3.61. The van der Waals surface area contributed by atoms with E-state index in [2.05, 4.69) is 32.2 Å². The largest absolute Gasteiger partial charge is 0.389 e. The summed E-state index contributed by atoms with van der Waals surface area (Å²) in [4.78, 5) is 2.19. The van der Waals surface area contributed by atoms with Gasteiger partial charge in [-0.25, -0.2) is 0 Å². The van der Waals surface area contributed by atoms with Crippen molar-refractivity contribution in [2.45, 2.75) is 31.8 Å². The molecule has 2 heteroatoms. The first-order valence-electron chi connectivity index (χ1n) is 5.68. The number of rotatable bonds is 9. The lowest BCUT2D eigenvalue weighted by Crippen LogP contribution is -2.16. The van der Waals surface area contributed by atoms with Crippen LogP contribution in [-0.2, 0) is 0 Å². The van der Waals surface area contributed by atoms with E-state index in [9.17, 15) is 5.11 Å². The van der Waals surface area contributed by atoms with Crippen LogP contribution in [0, 0.1) is 5.92 Å². The molecule has 0 heterocycles. The van der Waals surface area contributed by atoms with Gasteiger partial charge in [0.05, 0.1) is 6.10 Å². The van der Waals surface area contributed by atoms with E-state index in [-0.39, 0.29) is 6.10 Å². The fourth-order valence-electron chi connectivity index (χ4n) is 1.51. The van der Waals surface area contributed by atoms with Gasteiger partial charge in [0, 0.05) is 0 Å². The minimum atomic E-state index is -0.343. The van der Waals surface area contributed by atoms with Gasteiger partial charge in [-0.05, 0) is 52.2 Å². The Hall–Kier alpha value is -0.600. The average Bonchev–Trinajstić information content (AvgIpc) is 2.22. The van der Waals surface area contributed by atoms with Gasteiger partial charge in [-0.1, -0.05) is 12.2 Å². The summed E-state index contributed by atoms with van der Waals surface area (Å²) in [7, 11) is 4.17. The second kappa shape index (κ2) is 8.69. The van der Waals surface area contributed by atoms with E-state index in [1.165, 1.54) is 0 Å². The second-order valence-electron chi connectivity index (χ2n) is 4.32. The molecule has 0 rings (SSSR count). The smallest absolute Gasteiger partial charge is 0.0718 e. The molecule has 88 valence electrons. The van der Waals surface area contributed by atoms with Crippen molar-refractivity contribution in [2.75, 3.05) is 20.6 Å². The van der Waals surface area contributed by atoms with Crippen LogP contribution >= 0.6 is 0 Å². The minimum Gasteiger partial charge on any atom is -0.389 e. The first-order valence-corrected chi connectivity index (χ1v) is 5.68. The second-order valence-corrected chi connectivity index (χ2v) is 4.32. The minimum absolute atomic E-state index is 0.343. The highest BCUT2D eigenvalue weighted by molar-refractivity contribution is 4.82. The van der Waals surface area contributed by atoms with Crippen LogP contribution in [0.1, 0.15) is 25.7 Å². The topological polar surface area (TPSA) is 23.5 Å². The molecular weight excluding hydrogens is 186 g/mol. The Kier molecular flexibility index (Phi) is 8.34. The summed E-state index contributed by atoms with van der Waals surface area (Å²) in [5.74, 6) is 0.574. The molecule has 1 N–H and O–H groups in total.